The number of halogens is 1. The summed E-state index contributed by atoms with van der Waals surface area (Å²) in [7, 11) is 0. The molecule has 0 radical (unpaired) electrons. The lowest BCUT2D eigenvalue weighted by Gasteiger charge is -2.26. The van der Waals surface area contributed by atoms with Gasteiger partial charge >= 0.3 is 11.9 Å². The van der Waals surface area contributed by atoms with Crippen LogP contribution < -0.4 is 10.2 Å². The van der Waals surface area contributed by atoms with Crippen LogP contribution in [0.2, 0.25) is 0 Å². The predicted octanol–water partition coefficient (Wildman–Crippen LogP) is 5.99. The number of aromatic nitrogens is 1. The maximum atomic E-state index is 11.6. The van der Waals surface area contributed by atoms with Gasteiger partial charge in [0.25, 0.3) is 0 Å². The molecule has 2 aromatic heterocycles. The first-order valence-electron chi connectivity index (χ1n) is 11.2. The number of aromatic carboxylic acids is 2. The van der Waals surface area contributed by atoms with Crippen LogP contribution in [0.3, 0.4) is 0 Å². The van der Waals surface area contributed by atoms with Crippen molar-refractivity contribution >= 4 is 50.9 Å². The van der Waals surface area contributed by atoms with E-state index < -0.39 is 18.0 Å². The Kier molecular flexibility index (Phi) is 6.53. The molecule has 1 aliphatic rings. The van der Waals surface area contributed by atoms with Gasteiger partial charge in [-0.05, 0) is 85.4 Å². The van der Waals surface area contributed by atoms with Crippen LogP contribution in [0.15, 0.2) is 81.8 Å². The molecule has 2 atom stereocenters. The minimum atomic E-state index is -1.23. The first kappa shape index (κ1) is 24.7. The third kappa shape index (κ3) is 4.73. The van der Waals surface area contributed by atoms with Crippen molar-refractivity contribution in [3.63, 3.8) is 0 Å². The zero-order chi connectivity index (χ0) is 26.3. The molecule has 0 spiro atoms. The number of carboxylic acids is 2. The molecule has 186 valence electrons. The molecule has 1 saturated heterocycles. The Labute approximate surface area is 225 Å². The smallest absolute Gasteiger partial charge is 0.335 e. The summed E-state index contributed by atoms with van der Waals surface area (Å²) >= 11 is 9.29. The number of furan rings is 1. The van der Waals surface area contributed by atoms with Gasteiger partial charge in [-0.25, -0.2) is 9.59 Å². The number of carbonyl (C=O) groups is 2. The van der Waals surface area contributed by atoms with E-state index in [4.69, 9.17) is 16.6 Å². The SMILES string of the molecule is Cc1cc(N2C(=S)N[C@@H](c3ccccn3)[C@@H]2c2ccc(-c3cc(C(=O)O)cc(C(=O)O)c3)o2)ccc1Br. The van der Waals surface area contributed by atoms with Gasteiger partial charge in [-0.3, -0.25) is 4.98 Å². The zero-order valence-corrected chi connectivity index (χ0v) is 21.8. The van der Waals surface area contributed by atoms with E-state index in [2.05, 4.69) is 26.2 Å². The van der Waals surface area contributed by atoms with E-state index in [1.807, 2.05) is 48.2 Å². The molecule has 37 heavy (non-hydrogen) atoms. The Hall–Kier alpha value is -4.02. The van der Waals surface area contributed by atoms with E-state index in [0.29, 0.717) is 22.2 Å². The van der Waals surface area contributed by atoms with Crippen molar-refractivity contribution in [2.24, 2.45) is 0 Å². The lowest BCUT2D eigenvalue weighted by Crippen LogP contribution is -2.29. The quantitative estimate of drug-likeness (QED) is 0.238. The molecule has 0 aliphatic carbocycles. The maximum Gasteiger partial charge on any atom is 0.335 e. The average molecular weight is 578 g/mol. The lowest BCUT2D eigenvalue weighted by molar-refractivity contribution is 0.0696. The van der Waals surface area contributed by atoms with Gasteiger partial charge < -0.3 is 24.8 Å². The van der Waals surface area contributed by atoms with Gasteiger partial charge in [-0.1, -0.05) is 22.0 Å². The molecule has 2 aromatic carbocycles. The summed E-state index contributed by atoms with van der Waals surface area (Å²) < 4.78 is 7.24. The Morgan fingerprint density at radius 1 is 1.03 bits per heavy atom. The van der Waals surface area contributed by atoms with Gasteiger partial charge in [0.05, 0.1) is 22.9 Å². The van der Waals surface area contributed by atoms with E-state index in [1.165, 1.54) is 12.1 Å². The number of carboxylic acid groups (broad SMARTS) is 2. The van der Waals surface area contributed by atoms with Crippen LogP contribution >= 0.6 is 28.1 Å². The molecule has 5 rings (SSSR count). The number of pyridine rings is 1. The number of aryl methyl sites for hydroxylation is 1. The molecule has 4 aromatic rings. The summed E-state index contributed by atoms with van der Waals surface area (Å²) in [6.07, 6.45) is 1.71. The second kappa shape index (κ2) is 9.79. The second-order valence-corrected chi connectivity index (χ2v) is 9.78. The molecule has 0 amide bonds. The van der Waals surface area contributed by atoms with Crippen LogP contribution in [-0.2, 0) is 0 Å². The Balaban J connectivity index is 1.62. The Bertz CT molecular complexity index is 1510. The molecule has 10 heteroatoms. The first-order chi connectivity index (χ1) is 17.7. The number of nitrogens with one attached hydrogen (secondary N) is 1. The number of benzene rings is 2. The molecule has 1 aliphatic heterocycles. The summed E-state index contributed by atoms with van der Waals surface area (Å²) in [5.74, 6) is -1.57. The number of hydrogen-bond acceptors (Lipinski definition) is 5. The number of thiocarbonyl (C=S) groups is 1. The highest BCUT2D eigenvalue weighted by atomic mass is 79.9. The van der Waals surface area contributed by atoms with Gasteiger partial charge in [0.15, 0.2) is 5.11 Å². The minimum Gasteiger partial charge on any atom is -0.478 e. The fraction of sp³-hybridized carbons (Fsp3) is 0.111. The van der Waals surface area contributed by atoms with Gasteiger partial charge in [-0.2, -0.15) is 0 Å². The number of hydrogen-bond donors (Lipinski definition) is 3. The van der Waals surface area contributed by atoms with Crippen molar-refractivity contribution in [3.05, 3.63) is 106 Å². The highest BCUT2D eigenvalue weighted by Crippen LogP contribution is 2.43. The number of nitrogens with zero attached hydrogens (tertiary/aromatic N) is 2. The zero-order valence-electron chi connectivity index (χ0n) is 19.4. The van der Waals surface area contributed by atoms with Gasteiger partial charge in [0.1, 0.15) is 17.6 Å². The summed E-state index contributed by atoms with van der Waals surface area (Å²) in [5, 5.41) is 22.8. The highest BCUT2D eigenvalue weighted by molar-refractivity contribution is 9.10. The molecule has 3 heterocycles. The van der Waals surface area contributed by atoms with E-state index in [0.717, 1.165) is 27.5 Å². The fourth-order valence-corrected chi connectivity index (χ4v) is 4.98. The predicted molar refractivity (Wildman–Crippen MR) is 145 cm³/mol. The molecular formula is C27H20BrN3O5S. The molecule has 3 N–H and O–H groups in total. The van der Waals surface area contributed by atoms with E-state index in [9.17, 15) is 19.8 Å². The van der Waals surface area contributed by atoms with Crippen LogP contribution in [0.1, 0.15) is 49.8 Å². The third-order valence-corrected chi connectivity index (χ3v) is 7.35. The first-order valence-corrected chi connectivity index (χ1v) is 12.4. The number of anilines is 1. The van der Waals surface area contributed by atoms with Crippen LogP contribution in [0.5, 0.6) is 0 Å². The van der Waals surface area contributed by atoms with E-state index in [-0.39, 0.29) is 17.2 Å². The topological polar surface area (TPSA) is 116 Å². The molecule has 0 unspecified atom stereocenters. The van der Waals surface area contributed by atoms with Crippen molar-refractivity contribution in [1.82, 2.24) is 10.3 Å². The molecule has 8 nitrogen and oxygen atoms in total. The Morgan fingerprint density at radius 2 is 1.76 bits per heavy atom. The summed E-state index contributed by atoms with van der Waals surface area (Å²) in [6.45, 7) is 1.99. The minimum absolute atomic E-state index is 0.144. The van der Waals surface area contributed by atoms with Crippen LogP contribution in [0, 0.1) is 6.92 Å². The normalized spacial score (nSPS) is 17.0. The monoisotopic (exact) mass is 577 g/mol. The van der Waals surface area contributed by atoms with Gasteiger partial charge in [0.2, 0.25) is 0 Å². The third-order valence-electron chi connectivity index (χ3n) is 6.15. The summed E-state index contributed by atoms with van der Waals surface area (Å²) in [6, 6.07) is 18.2. The second-order valence-electron chi connectivity index (χ2n) is 8.54. The highest BCUT2D eigenvalue weighted by Gasteiger charge is 2.42. The summed E-state index contributed by atoms with van der Waals surface area (Å²) in [5.41, 5.74) is 2.72. The molecule has 0 saturated carbocycles. The van der Waals surface area contributed by atoms with Crippen molar-refractivity contribution in [3.8, 4) is 11.3 Å². The fourth-order valence-electron chi connectivity index (χ4n) is 4.38. The number of rotatable bonds is 6. The van der Waals surface area contributed by atoms with Crippen molar-refractivity contribution in [2.45, 2.75) is 19.0 Å². The van der Waals surface area contributed by atoms with E-state index in [1.54, 1.807) is 18.3 Å². The van der Waals surface area contributed by atoms with Crippen LogP contribution in [0.25, 0.3) is 11.3 Å². The lowest BCUT2D eigenvalue weighted by atomic mass is 10.0. The Morgan fingerprint density at radius 3 is 2.38 bits per heavy atom. The van der Waals surface area contributed by atoms with Gasteiger partial charge in [0, 0.05) is 21.9 Å². The van der Waals surface area contributed by atoms with E-state index >= 15 is 0 Å². The summed E-state index contributed by atoms with van der Waals surface area (Å²) in [4.78, 5) is 29.7. The average Bonchev–Trinajstić information content (AvgIpc) is 3.50. The van der Waals surface area contributed by atoms with Crippen LogP contribution in [0.4, 0.5) is 5.69 Å². The van der Waals surface area contributed by atoms with Crippen molar-refractivity contribution < 1.29 is 24.2 Å². The van der Waals surface area contributed by atoms with Gasteiger partial charge in [-0.15, -0.1) is 0 Å². The van der Waals surface area contributed by atoms with Crippen molar-refractivity contribution in [2.75, 3.05) is 4.90 Å². The molecule has 1 fully saturated rings. The molecular weight excluding hydrogens is 558 g/mol. The standard InChI is InChI=1S/C27H20BrN3O5S/c1-14-10-18(5-6-19(14)28)31-24(23(30-27(31)37)20-4-2-3-9-29-20)22-8-7-21(36-22)15-11-16(25(32)33)13-17(12-15)26(34)35/h2-13,23-24H,1H3,(H,30,37)(H,32,33)(H,34,35)/t23-,24-/m0/s1. The molecule has 0 bridgehead atoms. The largest absolute Gasteiger partial charge is 0.478 e. The van der Waals surface area contributed by atoms with Crippen molar-refractivity contribution in [1.29, 1.82) is 0 Å². The van der Waals surface area contributed by atoms with Crippen LogP contribution in [-0.4, -0.2) is 32.2 Å². The maximum absolute atomic E-state index is 11.6.